The Morgan fingerprint density at radius 2 is 2.18 bits per heavy atom. The van der Waals surface area contributed by atoms with Crippen molar-refractivity contribution >= 4 is 15.8 Å². The maximum absolute atomic E-state index is 10.8. The van der Waals surface area contributed by atoms with E-state index >= 15 is 0 Å². The topological polar surface area (TPSA) is 109 Å². The Morgan fingerprint density at radius 3 is 2.71 bits per heavy atom. The number of aromatic nitrogens is 1. The van der Waals surface area contributed by atoms with Crippen LogP contribution in [0.2, 0.25) is 0 Å². The summed E-state index contributed by atoms with van der Waals surface area (Å²) in [6.07, 6.45) is 0. The Hall–Kier alpha value is -1.65. The summed E-state index contributed by atoms with van der Waals surface area (Å²) in [6.45, 7) is 3.74. The van der Waals surface area contributed by atoms with E-state index in [1.54, 1.807) is 19.9 Å². The molecular weight excluding hydrogens is 240 g/mol. The van der Waals surface area contributed by atoms with E-state index in [0.717, 1.165) is 11.3 Å². The Kier molecular flexibility index (Phi) is 4.04. The SMILES string of the molecule is Cc1cc(C)c(C#N)c(NCCS(N)(=O)=O)n1. The van der Waals surface area contributed by atoms with Gasteiger partial charge in [0.05, 0.1) is 11.3 Å². The number of nitrogens with two attached hydrogens (primary N) is 1. The monoisotopic (exact) mass is 254 g/mol. The molecule has 17 heavy (non-hydrogen) atoms. The lowest BCUT2D eigenvalue weighted by Gasteiger charge is -2.09. The highest BCUT2D eigenvalue weighted by molar-refractivity contribution is 7.89. The van der Waals surface area contributed by atoms with E-state index in [2.05, 4.69) is 10.3 Å². The average Bonchev–Trinajstić information content (AvgIpc) is 2.14. The zero-order valence-electron chi connectivity index (χ0n) is 9.69. The molecule has 1 aromatic rings. The van der Waals surface area contributed by atoms with Gasteiger partial charge in [0.2, 0.25) is 10.0 Å². The minimum atomic E-state index is -3.51. The summed E-state index contributed by atoms with van der Waals surface area (Å²) < 4.78 is 21.5. The standard InChI is InChI=1S/C10H14N4O2S/c1-7-5-8(2)14-10(9(7)6-11)13-3-4-17(12,15)16/h5H,3-4H2,1-2H3,(H,13,14)(H2,12,15,16). The first-order valence-corrected chi connectivity index (χ1v) is 6.67. The summed E-state index contributed by atoms with van der Waals surface area (Å²) >= 11 is 0. The highest BCUT2D eigenvalue weighted by Gasteiger charge is 2.09. The van der Waals surface area contributed by atoms with Crippen LogP contribution >= 0.6 is 0 Å². The zero-order valence-corrected chi connectivity index (χ0v) is 10.5. The molecule has 0 spiro atoms. The maximum atomic E-state index is 10.8. The highest BCUT2D eigenvalue weighted by Crippen LogP contribution is 2.17. The van der Waals surface area contributed by atoms with Crippen molar-refractivity contribution in [2.45, 2.75) is 13.8 Å². The molecule has 1 rings (SSSR count). The molecule has 0 aliphatic carbocycles. The van der Waals surface area contributed by atoms with Gasteiger partial charge in [0.1, 0.15) is 11.9 Å². The van der Waals surface area contributed by atoms with Gasteiger partial charge < -0.3 is 5.32 Å². The first-order chi connectivity index (χ1) is 7.83. The summed E-state index contributed by atoms with van der Waals surface area (Å²) in [7, 11) is -3.51. The van der Waals surface area contributed by atoms with Crippen LogP contribution in [-0.4, -0.2) is 25.7 Å². The Balaban J connectivity index is 2.88. The third-order valence-electron chi connectivity index (χ3n) is 2.14. The van der Waals surface area contributed by atoms with Crippen LogP contribution in [0.15, 0.2) is 6.07 Å². The van der Waals surface area contributed by atoms with Crippen LogP contribution in [0, 0.1) is 25.2 Å². The van der Waals surface area contributed by atoms with Crippen molar-refractivity contribution in [1.29, 1.82) is 5.26 Å². The molecule has 1 heterocycles. The zero-order chi connectivity index (χ0) is 13.1. The summed E-state index contributed by atoms with van der Waals surface area (Å²) in [4.78, 5) is 4.16. The van der Waals surface area contributed by atoms with E-state index in [-0.39, 0.29) is 12.3 Å². The van der Waals surface area contributed by atoms with E-state index in [4.69, 9.17) is 10.4 Å². The van der Waals surface area contributed by atoms with Gasteiger partial charge in [-0.05, 0) is 25.5 Å². The predicted molar refractivity (Wildman–Crippen MR) is 64.9 cm³/mol. The second kappa shape index (κ2) is 5.12. The number of pyridine rings is 1. The molecule has 0 amide bonds. The molecule has 6 nitrogen and oxygen atoms in total. The molecule has 0 saturated heterocycles. The number of rotatable bonds is 4. The molecule has 3 N–H and O–H groups in total. The molecule has 0 saturated carbocycles. The van der Waals surface area contributed by atoms with Gasteiger partial charge in [-0.25, -0.2) is 18.5 Å². The molecule has 92 valence electrons. The average molecular weight is 254 g/mol. The molecule has 0 aromatic carbocycles. The Labute approximate surface area is 101 Å². The van der Waals surface area contributed by atoms with E-state index in [9.17, 15) is 8.42 Å². The molecule has 7 heteroatoms. The first-order valence-electron chi connectivity index (χ1n) is 4.96. The van der Waals surface area contributed by atoms with E-state index in [1.807, 2.05) is 6.07 Å². The summed E-state index contributed by atoms with van der Waals surface area (Å²) in [5.74, 6) is 0.195. The molecule has 0 radical (unpaired) electrons. The molecule has 0 bridgehead atoms. The molecule has 0 atom stereocenters. The quantitative estimate of drug-likeness (QED) is 0.801. The van der Waals surface area contributed by atoms with Gasteiger partial charge >= 0.3 is 0 Å². The maximum Gasteiger partial charge on any atom is 0.210 e. The van der Waals surface area contributed by atoms with Gasteiger partial charge in [0.15, 0.2) is 0 Å². The van der Waals surface area contributed by atoms with Crippen molar-refractivity contribution in [2.24, 2.45) is 5.14 Å². The molecular formula is C10H14N4O2S. The van der Waals surface area contributed by atoms with Crippen LogP contribution in [0.3, 0.4) is 0 Å². The fourth-order valence-electron chi connectivity index (χ4n) is 1.42. The summed E-state index contributed by atoms with van der Waals surface area (Å²) in [5.41, 5.74) is 1.99. The van der Waals surface area contributed by atoms with E-state index < -0.39 is 10.0 Å². The van der Waals surface area contributed by atoms with Crippen molar-refractivity contribution in [1.82, 2.24) is 4.98 Å². The molecule has 1 aromatic heterocycles. The second-order valence-electron chi connectivity index (χ2n) is 3.71. The van der Waals surface area contributed by atoms with Gasteiger partial charge in [0, 0.05) is 12.2 Å². The van der Waals surface area contributed by atoms with Gasteiger partial charge in [0.25, 0.3) is 0 Å². The van der Waals surface area contributed by atoms with Crippen molar-refractivity contribution in [3.63, 3.8) is 0 Å². The minimum absolute atomic E-state index is 0.128. The Morgan fingerprint density at radius 1 is 1.53 bits per heavy atom. The predicted octanol–water partition coefficient (Wildman–Crippen LogP) is 0.271. The lowest BCUT2D eigenvalue weighted by atomic mass is 10.1. The fraction of sp³-hybridized carbons (Fsp3) is 0.400. The number of hydrogen-bond acceptors (Lipinski definition) is 5. The van der Waals surface area contributed by atoms with Crippen LogP contribution in [0.5, 0.6) is 0 Å². The summed E-state index contributed by atoms with van der Waals surface area (Å²) in [6, 6.07) is 3.83. The van der Waals surface area contributed by atoms with Gasteiger partial charge in [-0.3, -0.25) is 0 Å². The number of aryl methyl sites for hydroxylation is 2. The third-order valence-corrected chi connectivity index (χ3v) is 2.91. The number of hydrogen-bond donors (Lipinski definition) is 2. The lowest BCUT2D eigenvalue weighted by Crippen LogP contribution is -2.23. The third kappa shape index (κ3) is 4.01. The van der Waals surface area contributed by atoms with Crippen LogP contribution in [0.1, 0.15) is 16.8 Å². The van der Waals surface area contributed by atoms with Crippen molar-refractivity contribution in [2.75, 3.05) is 17.6 Å². The van der Waals surface area contributed by atoms with Crippen LogP contribution in [0.25, 0.3) is 0 Å². The van der Waals surface area contributed by atoms with E-state index in [0.29, 0.717) is 11.4 Å². The number of nitriles is 1. The van der Waals surface area contributed by atoms with Crippen molar-refractivity contribution in [3.05, 3.63) is 22.9 Å². The normalized spacial score (nSPS) is 10.9. The van der Waals surface area contributed by atoms with Gasteiger partial charge in [-0.2, -0.15) is 5.26 Å². The lowest BCUT2D eigenvalue weighted by molar-refractivity contribution is 0.598. The smallest absolute Gasteiger partial charge is 0.210 e. The Bertz CT molecular complexity index is 560. The van der Waals surface area contributed by atoms with E-state index in [1.165, 1.54) is 0 Å². The minimum Gasteiger partial charge on any atom is -0.368 e. The molecule has 0 unspecified atom stereocenters. The summed E-state index contributed by atoms with van der Waals surface area (Å²) in [5, 5.41) is 16.7. The fourth-order valence-corrected chi connectivity index (χ4v) is 1.80. The number of nitrogens with one attached hydrogen (secondary N) is 1. The number of anilines is 1. The van der Waals surface area contributed by atoms with Gasteiger partial charge in [-0.1, -0.05) is 0 Å². The highest BCUT2D eigenvalue weighted by atomic mass is 32.2. The second-order valence-corrected chi connectivity index (χ2v) is 5.44. The molecule has 0 aliphatic heterocycles. The molecule has 0 aliphatic rings. The number of sulfonamides is 1. The largest absolute Gasteiger partial charge is 0.368 e. The van der Waals surface area contributed by atoms with Crippen LogP contribution in [-0.2, 0) is 10.0 Å². The number of primary sulfonamides is 1. The van der Waals surface area contributed by atoms with Crippen LogP contribution < -0.4 is 10.5 Å². The first kappa shape index (κ1) is 13.4. The van der Waals surface area contributed by atoms with Crippen molar-refractivity contribution in [3.8, 4) is 6.07 Å². The molecule has 0 fully saturated rings. The van der Waals surface area contributed by atoms with Crippen molar-refractivity contribution < 1.29 is 8.42 Å². The van der Waals surface area contributed by atoms with Crippen LogP contribution in [0.4, 0.5) is 5.82 Å². The van der Waals surface area contributed by atoms with Gasteiger partial charge in [-0.15, -0.1) is 0 Å². The number of nitrogens with zero attached hydrogens (tertiary/aromatic N) is 2.